The molecule has 1 aromatic carbocycles. The van der Waals surface area contributed by atoms with E-state index in [0.717, 1.165) is 19.6 Å². The highest BCUT2D eigenvalue weighted by molar-refractivity contribution is 5.38. The van der Waals surface area contributed by atoms with Crippen LogP contribution in [0.1, 0.15) is 30.0 Å². The topological polar surface area (TPSA) is 41.5 Å². The molecule has 0 saturated carbocycles. The highest BCUT2D eigenvalue weighted by atomic mass is 16.5. The van der Waals surface area contributed by atoms with Gasteiger partial charge in [0.15, 0.2) is 0 Å². The second-order valence-electron chi connectivity index (χ2n) is 4.73. The van der Waals surface area contributed by atoms with Crippen LogP contribution in [0.5, 0.6) is 5.75 Å². The third-order valence-electron chi connectivity index (χ3n) is 3.52. The highest BCUT2D eigenvalue weighted by Crippen LogP contribution is 2.32. The first kappa shape index (κ1) is 10.1. The average molecular weight is 219 g/mol. The summed E-state index contributed by atoms with van der Waals surface area (Å²) < 4.78 is 5.18. The summed E-state index contributed by atoms with van der Waals surface area (Å²) >= 11 is 0. The van der Waals surface area contributed by atoms with E-state index < -0.39 is 0 Å². The zero-order valence-corrected chi connectivity index (χ0v) is 9.28. The standard InChI is InChI=1S/C13H17NO2/c15-11-4-5-12-9(6-11)2-1-3-13(12)14-10-7-16-8-10/h4-6,10,13-15H,1-3,7-8H2. The molecule has 0 bridgehead atoms. The van der Waals surface area contributed by atoms with Crippen molar-refractivity contribution in [3.8, 4) is 5.75 Å². The van der Waals surface area contributed by atoms with E-state index in [1.807, 2.05) is 6.07 Å². The Morgan fingerprint density at radius 1 is 1.31 bits per heavy atom. The number of nitrogens with one attached hydrogen (secondary N) is 1. The summed E-state index contributed by atoms with van der Waals surface area (Å²) in [5.41, 5.74) is 2.65. The van der Waals surface area contributed by atoms with Crippen molar-refractivity contribution in [3.63, 3.8) is 0 Å². The lowest BCUT2D eigenvalue weighted by Crippen LogP contribution is -2.47. The summed E-state index contributed by atoms with van der Waals surface area (Å²) in [5, 5.41) is 13.1. The molecular weight excluding hydrogens is 202 g/mol. The molecule has 1 fully saturated rings. The fraction of sp³-hybridized carbons (Fsp3) is 0.538. The number of hydrogen-bond acceptors (Lipinski definition) is 3. The molecule has 2 N–H and O–H groups in total. The molecule has 1 saturated heterocycles. The summed E-state index contributed by atoms with van der Waals surface area (Å²) in [6.07, 6.45) is 3.47. The molecule has 1 aliphatic heterocycles. The van der Waals surface area contributed by atoms with Gasteiger partial charge in [-0.1, -0.05) is 6.07 Å². The fourth-order valence-corrected chi connectivity index (χ4v) is 2.59. The van der Waals surface area contributed by atoms with Gasteiger partial charge in [0.1, 0.15) is 5.75 Å². The monoisotopic (exact) mass is 219 g/mol. The first-order valence-electron chi connectivity index (χ1n) is 5.98. The lowest BCUT2D eigenvalue weighted by atomic mass is 9.87. The van der Waals surface area contributed by atoms with E-state index >= 15 is 0 Å². The van der Waals surface area contributed by atoms with Gasteiger partial charge in [0.2, 0.25) is 0 Å². The Hall–Kier alpha value is -1.06. The number of rotatable bonds is 2. The van der Waals surface area contributed by atoms with Crippen molar-refractivity contribution in [2.75, 3.05) is 13.2 Å². The maximum Gasteiger partial charge on any atom is 0.115 e. The van der Waals surface area contributed by atoms with Gasteiger partial charge >= 0.3 is 0 Å². The number of phenols is 1. The van der Waals surface area contributed by atoms with Crippen LogP contribution < -0.4 is 5.32 Å². The number of ether oxygens (including phenoxy) is 1. The lowest BCUT2D eigenvalue weighted by molar-refractivity contribution is -0.0110. The van der Waals surface area contributed by atoms with Crippen molar-refractivity contribution in [2.24, 2.45) is 0 Å². The molecule has 0 amide bonds. The van der Waals surface area contributed by atoms with Crippen LogP contribution in [0.15, 0.2) is 18.2 Å². The Bertz CT molecular complexity index is 388. The van der Waals surface area contributed by atoms with E-state index in [4.69, 9.17) is 4.74 Å². The number of phenolic OH excluding ortho intramolecular Hbond substituents is 1. The maximum absolute atomic E-state index is 9.47. The van der Waals surface area contributed by atoms with Crippen LogP contribution in [0.3, 0.4) is 0 Å². The first-order chi connectivity index (χ1) is 7.83. The van der Waals surface area contributed by atoms with Crippen LogP contribution >= 0.6 is 0 Å². The quantitative estimate of drug-likeness (QED) is 0.796. The van der Waals surface area contributed by atoms with Crippen molar-refractivity contribution in [1.29, 1.82) is 0 Å². The molecule has 3 heteroatoms. The summed E-state index contributed by atoms with van der Waals surface area (Å²) in [6, 6.07) is 6.71. The molecule has 1 atom stereocenters. The van der Waals surface area contributed by atoms with Gasteiger partial charge < -0.3 is 15.2 Å². The third-order valence-corrected chi connectivity index (χ3v) is 3.52. The highest BCUT2D eigenvalue weighted by Gasteiger charge is 2.26. The zero-order valence-electron chi connectivity index (χ0n) is 9.28. The Kier molecular flexibility index (Phi) is 2.58. The Morgan fingerprint density at radius 2 is 2.19 bits per heavy atom. The van der Waals surface area contributed by atoms with Crippen molar-refractivity contribution < 1.29 is 9.84 Å². The van der Waals surface area contributed by atoms with E-state index in [1.165, 1.54) is 24.0 Å². The van der Waals surface area contributed by atoms with Gasteiger partial charge in [-0.2, -0.15) is 0 Å². The van der Waals surface area contributed by atoms with Gasteiger partial charge in [-0.25, -0.2) is 0 Å². The van der Waals surface area contributed by atoms with E-state index in [2.05, 4.69) is 11.4 Å². The summed E-state index contributed by atoms with van der Waals surface area (Å²) in [7, 11) is 0. The molecule has 1 aromatic rings. The third kappa shape index (κ3) is 1.81. The molecular formula is C13H17NO2. The van der Waals surface area contributed by atoms with Crippen LogP contribution in [-0.4, -0.2) is 24.4 Å². The molecule has 0 aromatic heterocycles. The second-order valence-corrected chi connectivity index (χ2v) is 4.73. The summed E-state index contributed by atoms with van der Waals surface area (Å²) in [5.74, 6) is 0.381. The minimum atomic E-state index is 0.381. The Morgan fingerprint density at radius 3 is 2.94 bits per heavy atom. The van der Waals surface area contributed by atoms with Crippen LogP contribution in [0, 0.1) is 0 Å². The number of aryl methyl sites for hydroxylation is 1. The molecule has 86 valence electrons. The van der Waals surface area contributed by atoms with Crippen LogP contribution in [-0.2, 0) is 11.2 Å². The first-order valence-corrected chi connectivity index (χ1v) is 5.98. The van der Waals surface area contributed by atoms with Crippen molar-refractivity contribution in [3.05, 3.63) is 29.3 Å². The predicted octanol–water partition coefficient (Wildman–Crippen LogP) is 1.76. The van der Waals surface area contributed by atoms with Crippen molar-refractivity contribution in [1.82, 2.24) is 5.32 Å². The lowest BCUT2D eigenvalue weighted by Gasteiger charge is -2.34. The number of hydrogen-bond donors (Lipinski definition) is 2. The van der Waals surface area contributed by atoms with Crippen LogP contribution in [0.25, 0.3) is 0 Å². The van der Waals surface area contributed by atoms with Crippen LogP contribution in [0.4, 0.5) is 0 Å². The maximum atomic E-state index is 9.47. The van der Waals surface area contributed by atoms with Gasteiger partial charge in [-0.3, -0.25) is 0 Å². The minimum Gasteiger partial charge on any atom is -0.508 e. The van der Waals surface area contributed by atoms with Crippen LogP contribution in [0.2, 0.25) is 0 Å². The smallest absolute Gasteiger partial charge is 0.115 e. The number of aromatic hydroxyl groups is 1. The van der Waals surface area contributed by atoms with E-state index in [0.29, 0.717) is 17.8 Å². The number of benzene rings is 1. The zero-order chi connectivity index (χ0) is 11.0. The normalized spacial score (nSPS) is 24.9. The van der Waals surface area contributed by atoms with Gasteiger partial charge in [0, 0.05) is 6.04 Å². The second kappa shape index (κ2) is 4.07. The molecule has 3 rings (SSSR count). The average Bonchev–Trinajstić information content (AvgIpc) is 2.23. The minimum absolute atomic E-state index is 0.381. The Labute approximate surface area is 95.4 Å². The molecule has 1 unspecified atom stereocenters. The molecule has 16 heavy (non-hydrogen) atoms. The van der Waals surface area contributed by atoms with Gasteiger partial charge in [-0.15, -0.1) is 0 Å². The van der Waals surface area contributed by atoms with E-state index in [1.54, 1.807) is 6.07 Å². The van der Waals surface area contributed by atoms with Crippen molar-refractivity contribution in [2.45, 2.75) is 31.3 Å². The summed E-state index contributed by atoms with van der Waals surface area (Å²) in [6.45, 7) is 1.67. The SMILES string of the molecule is Oc1ccc2c(c1)CCCC2NC1COC1. The van der Waals surface area contributed by atoms with E-state index in [-0.39, 0.29) is 0 Å². The summed E-state index contributed by atoms with van der Waals surface area (Å²) in [4.78, 5) is 0. The fourth-order valence-electron chi connectivity index (χ4n) is 2.59. The molecule has 0 spiro atoms. The van der Waals surface area contributed by atoms with Crippen molar-refractivity contribution >= 4 is 0 Å². The number of fused-ring (bicyclic) bond motifs is 1. The van der Waals surface area contributed by atoms with E-state index in [9.17, 15) is 5.11 Å². The molecule has 0 radical (unpaired) electrons. The van der Waals surface area contributed by atoms with Gasteiger partial charge in [-0.05, 0) is 42.5 Å². The molecule has 1 heterocycles. The molecule has 3 nitrogen and oxygen atoms in total. The molecule has 2 aliphatic rings. The Balaban J connectivity index is 1.81. The molecule has 1 aliphatic carbocycles. The largest absolute Gasteiger partial charge is 0.508 e. The predicted molar refractivity (Wildman–Crippen MR) is 61.5 cm³/mol. The van der Waals surface area contributed by atoms with Gasteiger partial charge in [0.25, 0.3) is 0 Å². The van der Waals surface area contributed by atoms with Gasteiger partial charge in [0.05, 0.1) is 19.3 Å².